The maximum atomic E-state index is 2.29. The smallest absolute Gasteiger partial charge is 0.0162 e. The molecule has 0 aliphatic rings. The molecule has 1 aromatic carbocycles. The zero-order chi connectivity index (χ0) is 13.6. The molecule has 0 aliphatic heterocycles. The Morgan fingerprint density at radius 1 is 0.778 bits per heavy atom. The summed E-state index contributed by atoms with van der Waals surface area (Å²) in [5.41, 5.74) is 1.54. The van der Waals surface area contributed by atoms with Crippen molar-refractivity contribution in [1.29, 1.82) is 0 Å². The molecule has 0 heterocycles. The van der Waals surface area contributed by atoms with E-state index in [0.717, 1.165) is 5.92 Å². The van der Waals surface area contributed by atoms with Crippen LogP contribution in [0.5, 0.6) is 0 Å². The van der Waals surface area contributed by atoms with E-state index in [-0.39, 0.29) is 0 Å². The molecular formula is C18H32. The molecule has 18 heavy (non-hydrogen) atoms. The van der Waals surface area contributed by atoms with Crippen LogP contribution >= 0.6 is 0 Å². The van der Waals surface area contributed by atoms with Gasteiger partial charge in [-0.15, -0.1) is 0 Å². The lowest BCUT2D eigenvalue weighted by Gasteiger charge is -2.16. The minimum Gasteiger partial charge on any atom is -0.0656 e. The van der Waals surface area contributed by atoms with E-state index in [2.05, 4.69) is 58.0 Å². The molecule has 0 amide bonds. The van der Waals surface area contributed by atoms with Gasteiger partial charge in [-0.25, -0.2) is 0 Å². The van der Waals surface area contributed by atoms with Crippen LogP contribution in [0.2, 0.25) is 0 Å². The predicted octanol–water partition coefficient (Wildman–Crippen LogP) is 6.57. The fraction of sp³-hybridized carbons (Fsp3) is 0.667. The van der Waals surface area contributed by atoms with Crippen LogP contribution in [-0.2, 0) is 0 Å². The third-order valence-electron chi connectivity index (χ3n) is 3.06. The van der Waals surface area contributed by atoms with E-state index in [1.165, 1.54) is 50.5 Å². The number of hydrogen-bond acceptors (Lipinski definition) is 0. The minimum atomic E-state index is 0.794. The third kappa shape index (κ3) is 8.33. The molecule has 0 radical (unpaired) electrons. The van der Waals surface area contributed by atoms with Gasteiger partial charge in [-0.1, -0.05) is 90.1 Å². The number of rotatable bonds is 7. The highest BCUT2D eigenvalue weighted by Crippen LogP contribution is 2.26. The summed E-state index contributed by atoms with van der Waals surface area (Å²) in [6.07, 6.45) is 9.35. The first-order chi connectivity index (χ1) is 8.79. The van der Waals surface area contributed by atoms with Crippen LogP contribution in [-0.4, -0.2) is 0 Å². The molecule has 1 rings (SSSR count). The Morgan fingerprint density at radius 2 is 1.39 bits per heavy atom. The van der Waals surface area contributed by atoms with Gasteiger partial charge < -0.3 is 0 Å². The molecule has 104 valence electrons. The summed E-state index contributed by atoms with van der Waals surface area (Å²) in [6, 6.07) is 11.0. The average molecular weight is 248 g/mol. The van der Waals surface area contributed by atoms with E-state index in [1.54, 1.807) is 0 Å². The van der Waals surface area contributed by atoms with E-state index < -0.39 is 0 Å². The first-order valence-corrected chi connectivity index (χ1v) is 7.84. The van der Waals surface area contributed by atoms with Gasteiger partial charge in [0.2, 0.25) is 0 Å². The topological polar surface area (TPSA) is 0 Å². The SMILES string of the molecule is CCC.CCCCCC(CCC)c1ccccc1. The second-order valence-electron chi connectivity index (χ2n) is 5.10. The molecule has 0 nitrogen and oxygen atoms in total. The molecule has 0 heteroatoms. The molecule has 0 aromatic heterocycles. The Labute approximate surface area is 115 Å². The standard InChI is InChI=1S/C15H24.C3H8/c1-3-5-7-11-14(10-4-2)15-12-8-6-9-13-15;1-3-2/h6,8-9,12-14H,3-5,7,10-11H2,1-2H3;3H2,1-2H3. The molecule has 0 saturated carbocycles. The van der Waals surface area contributed by atoms with Crippen molar-refractivity contribution in [2.45, 2.75) is 78.6 Å². The van der Waals surface area contributed by atoms with Crippen LogP contribution in [0.1, 0.15) is 84.1 Å². The second-order valence-corrected chi connectivity index (χ2v) is 5.10. The molecule has 0 fully saturated rings. The van der Waals surface area contributed by atoms with E-state index >= 15 is 0 Å². The summed E-state index contributed by atoms with van der Waals surface area (Å²) in [4.78, 5) is 0. The van der Waals surface area contributed by atoms with Gasteiger partial charge in [0, 0.05) is 0 Å². The van der Waals surface area contributed by atoms with Crippen molar-refractivity contribution >= 4 is 0 Å². The van der Waals surface area contributed by atoms with Gasteiger partial charge in [0.05, 0.1) is 0 Å². The van der Waals surface area contributed by atoms with E-state index in [4.69, 9.17) is 0 Å². The summed E-state index contributed by atoms with van der Waals surface area (Å²) in [5, 5.41) is 0. The summed E-state index contributed by atoms with van der Waals surface area (Å²) < 4.78 is 0. The van der Waals surface area contributed by atoms with Gasteiger partial charge in [-0.2, -0.15) is 0 Å². The molecule has 1 aromatic rings. The maximum Gasteiger partial charge on any atom is -0.0162 e. The molecule has 1 atom stereocenters. The molecule has 0 bridgehead atoms. The van der Waals surface area contributed by atoms with Crippen molar-refractivity contribution in [3.63, 3.8) is 0 Å². The van der Waals surface area contributed by atoms with Crippen molar-refractivity contribution in [3.8, 4) is 0 Å². The quantitative estimate of drug-likeness (QED) is 0.479. The highest BCUT2D eigenvalue weighted by atomic mass is 14.1. The van der Waals surface area contributed by atoms with Crippen LogP contribution < -0.4 is 0 Å². The highest BCUT2D eigenvalue weighted by molar-refractivity contribution is 5.19. The number of unbranched alkanes of at least 4 members (excludes halogenated alkanes) is 2. The van der Waals surface area contributed by atoms with Crippen molar-refractivity contribution in [2.24, 2.45) is 0 Å². The molecule has 0 saturated heterocycles. The Balaban J connectivity index is 0.000000873. The largest absolute Gasteiger partial charge is 0.0656 e. The van der Waals surface area contributed by atoms with Crippen molar-refractivity contribution in [2.75, 3.05) is 0 Å². The lowest BCUT2D eigenvalue weighted by Crippen LogP contribution is -1.98. The van der Waals surface area contributed by atoms with Crippen LogP contribution in [0.3, 0.4) is 0 Å². The van der Waals surface area contributed by atoms with Crippen LogP contribution in [0.4, 0.5) is 0 Å². The molecular weight excluding hydrogens is 216 g/mol. The third-order valence-corrected chi connectivity index (χ3v) is 3.06. The molecule has 0 spiro atoms. The Hall–Kier alpha value is -0.780. The first kappa shape index (κ1) is 17.2. The van der Waals surface area contributed by atoms with Crippen LogP contribution in [0.15, 0.2) is 30.3 Å². The predicted molar refractivity (Wildman–Crippen MR) is 84.2 cm³/mol. The molecule has 0 aliphatic carbocycles. The van der Waals surface area contributed by atoms with Gasteiger partial charge in [0.15, 0.2) is 0 Å². The van der Waals surface area contributed by atoms with E-state index in [9.17, 15) is 0 Å². The van der Waals surface area contributed by atoms with Crippen molar-refractivity contribution < 1.29 is 0 Å². The van der Waals surface area contributed by atoms with Gasteiger partial charge in [0.25, 0.3) is 0 Å². The fourth-order valence-corrected chi connectivity index (χ4v) is 2.19. The van der Waals surface area contributed by atoms with Crippen LogP contribution in [0, 0.1) is 0 Å². The van der Waals surface area contributed by atoms with Crippen LogP contribution in [0.25, 0.3) is 0 Å². The lowest BCUT2D eigenvalue weighted by molar-refractivity contribution is 0.529. The fourth-order valence-electron chi connectivity index (χ4n) is 2.19. The first-order valence-electron chi connectivity index (χ1n) is 7.84. The molecule has 1 unspecified atom stereocenters. The summed E-state index contributed by atoms with van der Waals surface area (Å²) in [6.45, 7) is 8.81. The molecule has 0 N–H and O–H groups in total. The second kappa shape index (κ2) is 12.7. The number of hydrogen-bond donors (Lipinski definition) is 0. The zero-order valence-electron chi connectivity index (χ0n) is 12.9. The normalized spacial score (nSPS) is 11.6. The average Bonchev–Trinajstić information content (AvgIpc) is 2.40. The van der Waals surface area contributed by atoms with Gasteiger partial charge >= 0.3 is 0 Å². The minimum absolute atomic E-state index is 0.794. The van der Waals surface area contributed by atoms with Gasteiger partial charge in [-0.05, 0) is 24.3 Å². The summed E-state index contributed by atoms with van der Waals surface area (Å²) in [5.74, 6) is 0.794. The zero-order valence-corrected chi connectivity index (χ0v) is 12.9. The van der Waals surface area contributed by atoms with Gasteiger partial charge in [0.1, 0.15) is 0 Å². The van der Waals surface area contributed by atoms with E-state index in [0.29, 0.717) is 0 Å². The van der Waals surface area contributed by atoms with E-state index in [1.807, 2.05) is 0 Å². The van der Waals surface area contributed by atoms with Crippen molar-refractivity contribution in [3.05, 3.63) is 35.9 Å². The van der Waals surface area contributed by atoms with Crippen molar-refractivity contribution in [1.82, 2.24) is 0 Å². The number of benzene rings is 1. The maximum absolute atomic E-state index is 2.29. The Bertz CT molecular complexity index is 250. The Kier molecular flexibility index (Phi) is 12.1. The lowest BCUT2D eigenvalue weighted by atomic mass is 9.89. The van der Waals surface area contributed by atoms with Gasteiger partial charge in [-0.3, -0.25) is 0 Å². The summed E-state index contributed by atoms with van der Waals surface area (Å²) >= 11 is 0. The summed E-state index contributed by atoms with van der Waals surface area (Å²) in [7, 11) is 0. The Morgan fingerprint density at radius 3 is 1.89 bits per heavy atom. The highest BCUT2D eigenvalue weighted by Gasteiger charge is 2.09. The monoisotopic (exact) mass is 248 g/mol.